The van der Waals surface area contributed by atoms with Gasteiger partial charge in [0.25, 0.3) is 5.91 Å². The minimum absolute atomic E-state index is 0.142. The Morgan fingerprint density at radius 1 is 1.14 bits per heavy atom. The number of ether oxygens (including phenoxy) is 1. The molecule has 2 aromatic carbocycles. The number of benzene rings is 2. The maximum atomic E-state index is 12.7. The number of hydrogen-bond acceptors (Lipinski definition) is 4. The van der Waals surface area contributed by atoms with Gasteiger partial charge in [-0.1, -0.05) is 24.3 Å². The number of carbonyl (C=O) groups is 2. The summed E-state index contributed by atoms with van der Waals surface area (Å²) in [7, 11) is 1.64. The van der Waals surface area contributed by atoms with Crippen LogP contribution in [-0.4, -0.2) is 42.7 Å². The fraction of sp³-hybridized carbons (Fsp3) is 0.364. The molecule has 0 aliphatic carbocycles. The van der Waals surface area contributed by atoms with Gasteiger partial charge in [-0.15, -0.1) is 11.8 Å². The molecular weight excluding hydrogens is 372 g/mol. The van der Waals surface area contributed by atoms with Crippen molar-refractivity contribution in [3.05, 3.63) is 59.2 Å². The van der Waals surface area contributed by atoms with Crippen LogP contribution in [0, 0.1) is 6.92 Å². The van der Waals surface area contributed by atoms with Gasteiger partial charge in [-0.05, 0) is 49.1 Å². The lowest BCUT2D eigenvalue weighted by Crippen LogP contribution is -2.29. The number of hydrogen-bond donors (Lipinski definition) is 1. The summed E-state index contributed by atoms with van der Waals surface area (Å²) >= 11 is 1.43. The molecule has 6 heteroatoms. The molecule has 0 saturated carbocycles. The summed E-state index contributed by atoms with van der Waals surface area (Å²) in [4.78, 5) is 27.7. The highest BCUT2D eigenvalue weighted by Crippen LogP contribution is 2.24. The van der Waals surface area contributed by atoms with E-state index in [1.807, 2.05) is 48.2 Å². The van der Waals surface area contributed by atoms with Gasteiger partial charge in [0.15, 0.2) is 0 Å². The minimum atomic E-state index is -0.142. The van der Waals surface area contributed by atoms with Gasteiger partial charge in [0.2, 0.25) is 5.91 Å². The van der Waals surface area contributed by atoms with Gasteiger partial charge in [0.1, 0.15) is 5.75 Å². The smallest absolute Gasteiger partial charge is 0.252 e. The second-order valence-electron chi connectivity index (χ2n) is 6.86. The molecule has 0 aromatic heterocycles. The maximum absolute atomic E-state index is 12.7. The van der Waals surface area contributed by atoms with Gasteiger partial charge < -0.3 is 15.0 Å². The SMILES string of the molecule is COc1cc(CNC(=O)c2ccccc2SCC(=O)N2CCCC2)ccc1C. The van der Waals surface area contributed by atoms with Gasteiger partial charge in [-0.2, -0.15) is 0 Å². The molecule has 1 aliphatic rings. The van der Waals surface area contributed by atoms with Crippen molar-refractivity contribution >= 4 is 23.6 Å². The van der Waals surface area contributed by atoms with Gasteiger partial charge in [0, 0.05) is 24.5 Å². The van der Waals surface area contributed by atoms with Crippen molar-refractivity contribution < 1.29 is 14.3 Å². The van der Waals surface area contributed by atoms with E-state index in [9.17, 15) is 9.59 Å². The highest BCUT2D eigenvalue weighted by Gasteiger charge is 2.19. The van der Waals surface area contributed by atoms with Crippen LogP contribution in [0.25, 0.3) is 0 Å². The van der Waals surface area contributed by atoms with Crippen LogP contribution in [-0.2, 0) is 11.3 Å². The number of nitrogens with zero attached hydrogens (tertiary/aromatic N) is 1. The zero-order chi connectivity index (χ0) is 19.9. The maximum Gasteiger partial charge on any atom is 0.252 e. The normalized spacial score (nSPS) is 13.4. The van der Waals surface area contributed by atoms with Gasteiger partial charge >= 0.3 is 0 Å². The monoisotopic (exact) mass is 398 g/mol. The molecule has 148 valence electrons. The van der Waals surface area contributed by atoms with Crippen LogP contribution in [0.4, 0.5) is 0 Å². The third-order valence-electron chi connectivity index (χ3n) is 4.87. The molecule has 1 fully saturated rings. The van der Waals surface area contributed by atoms with Crippen molar-refractivity contribution in [3.63, 3.8) is 0 Å². The number of nitrogens with one attached hydrogen (secondary N) is 1. The van der Waals surface area contributed by atoms with Crippen molar-refractivity contribution in [1.29, 1.82) is 0 Å². The first-order chi connectivity index (χ1) is 13.6. The quantitative estimate of drug-likeness (QED) is 0.724. The Morgan fingerprint density at radius 3 is 2.64 bits per heavy atom. The lowest BCUT2D eigenvalue weighted by Gasteiger charge is -2.15. The van der Waals surface area contributed by atoms with Crippen molar-refractivity contribution in [2.24, 2.45) is 0 Å². The van der Waals surface area contributed by atoms with Crippen molar-refractivity contribution in [3.8, 4) is 5.75 Å². The summed E-state index contributed by atoms with van der Waals surface area (Å²) in [6.45, 7) is 4.10. The first kappa shape index (κ1) is 20.3. The average molecular weight is 399 g/mol. The van der Waals surface area contributed by atoms with Crippen LogP contribution in [0.1, 0.15) is 34.3 Å². The summed E-state index contributed by atoms with van der Waals surface area (Å²) in [5, 5.41) is 2.97. The molecule has 1 N–H and O–H groups in total. The average Bonchev–Trinajstić information content (AvgIpc) is 3.26. The number of thioether (sulfide) groups is 1. The number of carbonyl (C=O) groups excluding carboxylic acids is 2. The van der Waals surface area contributed by atoms with Gasteiger partial charge in [-0.25, -0.2) is 0 Å². The third kappa shape index (κ3) is 5.07. The molecule has 0 bridgehead atoms. The summed E-state index contributed by atoms with van der Waals surface area (Å²) < 4.78 is 5.34. The largest absolute Gasteiger partial charge is 0.496 e. The number of methoxy groups -OCH3 is 1. The number of amides is 2. The standard InChI is InChI=1S/C22H26N2O3S/c1-16-9-10-17(13-19(16)27-2)14-23-22(26)18-7-3-4-8-20(18)28-15-21(25)24-11-5-6-12-24/h3-4,7-10,13H,5-6,11-12,14-15H2,1-2H3,(H,23,26). The highest BCUT2D eigenvalue weighted by atomic mass is 32.2. The summed E-state index contributed by atoms with van der Waals surface area (Å²) in [6, 6.07) is 13.3. The fourth-order valence-corrected chi connectivity index (χ4v) is 4.18. The predicted molar refractivity (Wildman–Crippen MR) is 112 cm³/mol. The molecular formula is C22H26N2O3S. The molecule has 0 unspecified atom stereocenters. The Hall–Kier alpha value is -2.47. The van der Waals surface area contributed by atoms with Gasteiger partial charge in [-0.3, -0.25) is 9.59 Å². The Kier molecular flexibility index (Phi) is 6.98. The Morgan fingerprint density at radius 2 is 1.89 bits per heavy atom. The lowest BCUT2D eigenvalue weighted by molar-refractivity contribution is -0.127. The number of aryl methyl sites for hydroxylation is 1. The molecule has 2 aromatic rings. The number of rotatable bonds is 7. The zero-order valence-corrected chi connectivity index (χ0v) is 17.2. The van der Waals surface area contributed by atoms with Crippen LogP contribution in [0.3, 0.4) is 0 Å². The molecule has 3 rings (SSSR count). The highest BCUT2D eigenvalue weighted by molar-refractivity contribution is 8.00. The Bertz CT molecular complexity index is 847. The van der Waals surface area contributed by atoms with E-state index in [1.54, 1.807) is 13.2 Å². The molecule has 0 radical (unpaired) electrons. The van der Waals surface area contributed by atoms with E-state index in [-0.39, 0.29) is 11.8 Å². The van der Waals surface area contributed by atoms with Crippen LogP contribution in [0.2, 0.25) is 0 Å². The second kappa shape index (κ2) is 9.64. The zero-order valence-electron chi connectivity index (χ0n) is 16.4. The van der Waals surface area contributed by atoms with Gasteiger partial charge in [0.05, 0.1) is 18.4 Å². The topological polar surface area (TPSA) is 58.6 Å². The molecule has 1 heterocycles. The molecule has 2 amide bonds. The predicted octanol–water partition coefficient (Wildman–Crippen LogP) is 3.65. The van der Waals surface area contributed by atoms with E-state index >= 15 is 0 Å². The van der Waals surface area contributed by atoms with E-state index in [0.717, 1.165) is 47.7 Å². The molecule has 28 heavy (non-hydrogen) atoms. The number of likely N-dealkylation sites (tertiary alicyclic amines) is 1. The van der Waals surface area contributed by atoms with Crippen LogP contribution >= 0.6 is 11.8 Å². The molecule has 1 aliphatic heterocycles. The van der Waals surface area contributed by atoms with E-state index in [4.69, 9.17) is 4.74 Å². The molecule has 0 spiro atoms. The fourth-order valence-electron chi connectivity index (χ4n) is 3.23. The molecule has 5 nitrogen and oxygen atoms in total. The van der Waals surface area contributed by atoms with Crippen LogP contribution < -0.4 is 10.1 Å². The summed E-state index contributed by atoms with van der Waals surface area (Å²) in [6.07, 6.45) is 2.17. The van der Waals surface area contributed by atoms with Crippen molar-refractivity contribution in [1.82, 2.24) is 10.2 Å². The van der Waals surface area contributed by atoms with E-state index in [2.05, 4.69) is 5.32 Å². The molecule has 1 saturated heterocycles. The van der Waals surface area contributed by atoms with Crippen molar-refractivity contribution in [2.75, 3.05) is 26.0 Å². The van der Waals surface area contributed by atoms with E-state index in [1.165, 1.54) is 11.8 Å². The Labute approximate surface area is 170 Å². The summed E-state index contributed by atoms with van der Waals surface area (Å²) in [5.41, 5.74) is 2.63. The van der Waals surface area contributed by atoms with E-state index < -0.39 is 0 Å². The van der Waals surface area contributed by atoms with Crippen LogP contribution in [0.15, 0.2) is 47.4 Å². The first-order valence-corrected chi connectivity index (χ1v) is 10.5. The minimum Gasteiger partial charge on any atom is -0.496 e. The molecule has 0 atom stereocenters. The van der Waals surface area contributed by atoms with Crippen LogP contribution in [0.5, 0.6) is 5.75 Å². The summed E-state index contributed by atoms with van der Waals surface area (Å²) in [5.74, 6) is 1.17. The Balaban J connectivity index is 1.61. The first-order valence-electron chi connectivity index (χ1n) is 9.50. The third-order valence-corrected chi connectivity index (χ3v) is 5.93. The second-order valence-corrected chi connectivity index (χ2v) is 7.88. The van der Waals surface area contributed by atoms with Crippen molar-refractivity contribution in [2.45, 2.75) is 31.2 Å². The lowest BCUT2D eigenvalue weighted by atomic mass is 10.1. The van der Waals surface area contributed by atoms with E-state index in [0.29, 0.717) is 17.9 Å².